The van der Waals surface area contributed by atoms with E-state index in [1.807, 2.05) is 0 Å². The van der Waals surface area contributed by atoms with E-state index in [2.05, 4.69) is 26.2 Å². The molecule has 0 saturated carbocycles. The van der Waals surface area contributed by atoms with Crippen molar-refractivity contribution in [2.75, 3.05) is 26.4 Å². The van der Waals surface area contributed by atoms with E-state index in [4.69, 9.17) is 21.4 Å². The van der Waals surface area contributed by atoms with E-state index in [0.717, 1.165) is 0 Å². The molecule has 0 aliphatic rings. The molecule has 2 N–H and O–H groups in total. The number of amides is 1. The quantitative estimate of drug-likeness (QED) is 0.586. The van der Waals surface area contributed by atoms with E-state index >= 15 is 0 Å². The SMILES string of the molecule is O=C(NCCCOCCO)c1cc(Br)cnc1Cl. The van der Waals surface area contributed by atoms with Gasteiger partial charge in [0, 0.05) is 23.8 Å². The fourth-order valence-corrected chi connectivity index (χ4v) is 1.74. The van der Waals surface area contributed by atoms with E-state index in [0.29, 0.717) is 36.2 Å². The monoisotopic (exact) mass is 336 g/mol. The second kappa shape index (κ2) is 8.42. The zero-order chi connectivity index (χ0) is 13.4. The molecule has 1 heterocycles. The topological polar surface area (TPSA) is 71.5 Å². The summed E-state index contributed by atoms with van der Waals surface area (Å²) in [5, 5.41) is 11.4. The van der Waals surface area contributed by atoms with Crippen LogP contribution < -0.4 is 5.32 Å². The van der Waals surface area contributed by atoms with E-state index in [-0.39, 0.29) is 17.7 Å². The number of aromatic nitrogens is 1. The highest BCUT2D eigenvalue weighted by Crippen LogP contribution is 2.17. The molecule has 18 heavy (non-hydrogen) atoms. The van der Waals surface area contributed by atoms with Crippen LogP contribution in [0.25, 0.3) is 0 Å². The molecule has 100 valence electrons. The third-order valence-corrected chi connectivity index (χ3v) is 2.77. The van der Waals surface area contributed by atoms with Crippen molar-refractivity contribution in [1.29, 1.82) is 0 Å². The summed E-state index contributed by atoms with van der Waals surface area (Å²) in [4.78, 5) is 15.6. The number of hydrogen-bond donors (Lipinski definition) is 2. The Balaban J connectivity index is 2.34. The highest BCUT2D eigenvalue weighted by atomic mass is 79.9. The van der Waals surface area contributed by atoms with Crippen LogP contribution in [0.3, 0.4) is 0 Å². The van der Waals surface area contributed by atoms with Crippen molar-refractivity contribution in [2.24, 2.45) is 0 Å². The first-order valence-electron chi connectivity index (χ1n) is 5.43. The zero-order valence-electron chi connectivity index (χ0n) is 9.66. The van der Waals surface area contributed by atoms with Crippen molar-refractivity contribution in [3.05, 3.63) is 27.5 Å². The molecule has 1 amide bonds. The van der Waals surface area contributed by atoms with Crippen molar-refractivity contribution in [3.8, 4) is 0 Å². The number of aliphatic hydroxyl groups excluding tert-OH is 1. The molecule has 0 aromatic carbocycles. The molecule has 0 radical (unpaired) electrons. The van der Waals surface area contributed by atoms with Crippen LogP contribution in [-0.4, -0.2) is 42.4 Å². The van der Waals surface area contributed by atoms with Gasteiger partial charge in [0.25, 0.3) is 5.91 Å². The molecule has 0 bridgehead atoms. The molecule has 0 atom stereocenters. The van der Waals surface area contributed by atoms with E-state index < -0.39 is 0 Å². The number of pyridine rings is 1. The molecule has 0 saturated heterocycles. The van der Waals surface area contributed by atoms with Crippen molar-refractivity contribution in [2.45, 2.75) is 6.42 Å². The highest BCUT2D eigenvalue weighted by Gasteiger charge is 2.11. The third-order valence-electron chi connectivity index (χ3n) is 2.04. The van der Waals surface area contributed by atoms with Crippen molar-refractivity contribution < 1.29 is 14.6 Å². The Morgan fingerprint density at radius 1 is 1.56 bits per heavy atom. The summed E-state index contributed by atoms with van der Waals surface area (Å²) in [5.74, 6) is -0.268. The summed E-state index contributed by atoms with van der Waals surface area (Å²) in [6, 6.07) is 1.62. The Labute approximate surface area is 119 Å². The molecular formula is C11H14BrClN2O3. The van der Waals surface area contributed by atoms with Crippen LogP contribution in [0.1, 0.15) is 16.8 Å². The third kappa shape index (κ3) is 5.30. The smallest absolute Gasteiger partial charge is 0.254 e. The number of ether oxygens (including phenoxy) is 1. The van der Waals surface area contributed by atoms with Gasteiger partial charge in [-0.2, -0.15) is 0 Å². The number of nitrogens with zero attached hydrogens (tertiary/aromatic N) is 1. The number of carbonyl (C=O) groups is 1. The lowest BCUT2D eigenvalue weighted by Gasteiger charge is -2.07. The van der Waals surface area contributed by atoms with Gasteiger partial charge in [-0.25, -0.2) is 4.98 Å². The van der Waals surface area contributed by atoms with Crippen LogP contribution in [0.2, 0.25) is 5.15 Å². The predicted molar refractivity (Wildman–Crippen MR) is 71.8 cm³/mol. The number of halogens is 2. The summed E-state index contributed by atoms with van der Waals surface area (Å²) < 4.78 is 5.76. The lowest BCUT2D eigenvalue weighted by Crippen LogP contribution is -2.25. The molecular weight excluding hydrogens is 323 g/mol. The van der Waals surface area contributed by atoms with Crippen molar-refractivity contribution in [3.63, 3.8) is 0 Å². The normalized spacial score (nSPS) is 10.4. The van der Waals surface area contributed by atoms with Gasteiger partial charge in [0.05, 0.1) is 18.8 Å². The fraction of sp³-hybridized carbons (Fsp3) is 0.455. The summed E-state index contributed by atoms with van der Waals surface area (Å²) in [5.41, 5.74) is 0.335. The summed E-state index contributed by atoms with van der Waals surface area (Å²) in [6.07, 6.45) is 2.20. The molecule has 1 rings (SSSR count). The van der Waals surface area contributed by atoms with E-state index in [1.54, 1.807) is 6.07 Å². The van der Waals surface area contributed by atoms with Gasteiger partial charge in [-0.05, 0) is 28.4 Å². The Kier molecular flexibility index (Phi) is 7.19. The number of nitrogens with one attached hydrogen (secondary N) is 1. The molecule has 1 aromatic heterocycles. The maximum absolute atomic E-state index is 11.8. The molecule has 5 nitrogen and oxygen atoms in total. The number of aliphatic hydroxyl groups is 1. The molecule has 1 aromatic rings. The average Bonchev–Trinajstić information content (AvgIpc) is 2.36. The Morgan fingerprint density at radius 2 is 2.33 bits per heavy atom. The van der Waals surface area contributed by atoms with E-state index in [1.165, 1.54) is 6.20 Å². The van der Waals surface area contributed by atoms with Gasteiger partial charge in [-0.15, -0.1) is 0 Å². The summed E-state index contributed by atoms with van der Waals surface area (Å²) >= 11 is 9.06. The van der Waals surface area contributed by atoms with Crippen LogP contribution in [-0.2, 0) is 4.74 Å². The minimum atomic E-state index is -0.268. The van der Waals surface area contributed by atoms with Crippen LogP contribution in [0.5, 0.6) is 0 Å². The van der Waals surface area contributed by atoms with Gasteiger partial charge in [0.2, 0.25) is 0 Å². The summed E-state index contributed by atoms with van der Waals surface area (Å²) in [6.45, 7) is 1.29. The Morgan fingerprint density at radius 3 is 3.06 bits per heavy atom. The van der Waals surface area contributed by atoms with Gasteiger partial charge in [-0.1, -0.05) is 11.6 Å². The van der Waals surface area contributed by atoms with Gasteiger partial charge in [0.15, 0.2) is 0 Å². The van der Waals surface area contributed by atoms with Gasteiger partial charge >= 0.3 is 0 Å². The van der Waals surface area contributed by atoms with E-state index in [9.17, 15) is 4.79 Å². The van der Waals surface area contributed by atoms with Crippen LogP contribution in [0.15, 0.2) is 16.7 Å². The van der Waals surface area contributed by atoms with Gasteiger partial charge in [-0.3, -0.25) is 4.79 Å². The molecule has 0 aliphatic heterocycles. The second-order valence-corrected chi connectivity index (χ2v) is 4.71. The maximum atomic E-state index is 11.8. The standard InChI is InChI=1S/C11H14BrClN2O3/c12-8-6-9(10(13)15-7-8)11(17)14-2-1-4-18-5-3-16/h6-7,16H,1-5H2,(H,14,17). The minimum absolute atomic E-state index is 0.00563. The lowest BCUT2D eigenvalue weighted by atomic mass is 10.2. The average molecular weight is 338 g/mol. The van der Waals surface area contributed by atoms with Crippen molar-refractivity contribution >= 4 is 33.4 Å². The molecule has 7 heteroatoms. The lowest BCUT2D eigenvalue weighted by molar-refractivity contribution is 0.0867. The molecule has 0 spiro atoms. The molecule has 0 aliphatic carbocycles. The number of carbonyl (C=O) groups excluding carboxylic acids is 1. The minimum Gasteiger partial charge on any atom is -0.394 e. The van der Waals surface area contributed by atoms with Crippen LogP contribution >= 0.6 is 27.5 Å². The Bertz CT molecular complexity index is 404. The molecule has 0 unspecified atom stereocenters. The maximum Gasteiger partial charge on any atom is 0.254 e. The van der Waals surface area contributed by atoms with Gasteiger partial charge < -0.3 is 15.2 Å². The first-order chi connectivity index (χ1) is 8.65. The first kappa shape index (κ1) is 15.4. The predicted octanol–water partition coefficient (Wildman–Crippen LogP) is 1.63. The zero-order valence-corrected chi connectivity index (χ0v) is 12.0. The van der Waals surface area contributed by atoms with Crippen LogP contribution in [0.4, 0.5) is 0 Å². The van der Waals surface area contributed by atoms with Gasteiger partial charge in [0.1, 0.15) is 5.15 Å². The highest BCUT2D eigenvalue weighted by molar-refractivity contribution is 9.10. The summed E-state index contributed by atoms with van der Waals surface area (Å²) in [7, 11) is 0. The fourth-order valence-electron chi connectivity index (χ4n) is 1.22. The number of hydrogen-bond acceptors (Lipinski definition) is 4. The largest absolute Gasteiger partial charge is 0.394 e. The number of rotatable bonds is 7. The Hall–Kier alpha value is -0.690. The second-order valence-electron chi connectivity index (χ2n) is 3.44. The van der Waals surface area contributed by atoms with Crippen LogP contribution in [0, 0.1) is 0 Å². The molecule has 0 fully saturated rings. The van der Waals surface area contributed by atoms with Crippen molar-refractivity contribution in [1.82, 2.24) is 10.3 Å². The first-order valence-corrected chi connectivity index (χ1v) is 6.60.